The van der Waals surface area contributed by atoms with Crippen molar-refractivity contribution in [2.75, 3.05) is 21.3 Å². The zero-order valence-corrected chi connectivity index (χ0v) is 16.1. The largest absolute Gasteiger partial charge is 0.468 e. The van der Waals surface area contributed by atoms with Gasteiger partial charge >= 0.3 is 17.9 Å². The van der Waals surface area contributed by atoms with E-state index in [1.807, 2.05) is 0 Å². The highest BCUT2D eigenvalue weighted by Crippen LogP contribution is 2.54. The molecule has 0 spiro atoms. The lowest BCUT2D eigenvalue weighted by molar-refractivity contribution is -0.171. The highest BCUT2D eigenvalue weighted by atomic mass is 16.5. The second-order valence-electron chi connectivity index (χ2n) is 6.52. The number of fused-ring (bicyclic) bond motifs is 1. The zero-order chi connectivity index (χ0) is 21.2. The molecule has 1 aromatic heterocycles. The summed E-state index contributed by atoms with van der Waals surface area (Å²) < 4.78 is 14.8. The average Bonchev–Trinajstić information content (AvgIpc) is 3.08. The van der Waals surface area contributed by atoms with Crippen LogP contribution in [0.15, 0.2) is 48.5 Å². The van der Waals surface area contributed by atoms with E-state index in [4.69, 9.17) is 14.2 Å². The minimum absolute atomic E-state index is 0.180. The normalized spacial score (nSPS) is 24.0. The Morgan fingerprint density at radius 2 is 1.86 bits per heavy atom. The molecule has 1 unspecified atom stereocenters. The van der Waals surface area contributed by atoms with Crippen molar-refractivity contribution in [3.8, 4) is 6.07 Å². The Hall–Kier alpha value is -3.67. The molecule has 2 aliphatic rings. The molecular formula is C20H19N3O6. The summed E-state index contributed by atoms with van der Waals surface area (Å²) in [6, 6.07) is 3.58. The maximum absolute atomic E-state index is 13.1. The fourth-order valence-electron chi connectivity index (χ4n) is 4.12. The molecule has 0 aliphatic carbocycles. The molecule has 0 aromatic carbocycles. The molecule has 0 amide bonds. The number of carbonyl (C=O) groups is 3. The Balaban J connectivity index is 2.29. The lowest BCUT2D eigenvalue weighted by atomic mass is 9.68. The Kier molecular flexibility index (Phi) is 5.37. The number of hydrogen-bond acceptors (Lipinski definition) is 9. The van der Waals surface area contributed by atoms with Gasteiger partial charge in [0, 0.05) is 24.5 Å². The Bertz CT molecular complexity index is 917. The van der Waals surface area contributed by atoms with Gasteiger partial charge in [-0.2, -0.15) is 5.26 Å². The first-order chi connectivity index (χ1) is 14.0. The van der Waals surface area contributed by atoms with Crippen LogP contribution in [0.2, 0.25) is 0 Å². The average molecular weight is 397 g/mol. The van der Waals surface area contributed by atoms with Crippen LogP contribution in [0.4, 0.5) is 0 Å². The van der Waals surface area contributed by atoms with Crippen LogP contribution in [0, 0.1) is 16.7 Å². The topological polar surface area (TPSA) is 119 Å². The van der Waals surface area contributed by atoms with E-state index in [-0.39, 0.29) is 5.57 Å². The van der Waals surface area contributed by atoms with Crippen LogP contribution in [-0.4, -0.2) is 61.2 Å². The first kappa shape index (κ1) is 20.1. The number of hydrogen-bond donors (Lipinski definition) is 0. The molecule has 1 fully saturated rings. The number of ether oxygens (including phenoxy) is 3. The molecule has 3 atom stereocenters. The molecule has 9 heteroatoms. The van der Waals surface area contributed by atoms with E-state index in [1.165, 1.54) is 50.8 Å². The van der Waals surface area contributed by atoms with Crippen molar-refractivity contribution in [2.45, 2.75) is 18.0 Å². The van der Waals surface area contributed by atoms with Crippen LogP contribution in [0.5, 0.6) is 0 Å². The molecule has 150 valence electrons. The van der Waals surface area contributed by atoms with Crippen LogP contribution in [0.3, 0.4) is 0 Å². The number of nitrogens with zero attached hydrogens (tertiary/aromatic N) is 3. The lowest BCUT2D eigenvalue weighted by Gasteiger charge is -2.34. The molecule has 0 radical (unpaired) electrons. The monoisotopic (exact) mass is 397 g/mol. The van der Waals surface area contributed by atoms with Gasteiger partial charge in [0.25, 0.3) is 0 Å². The van der Waals surface area contributed by atoms with Crippen LogP contribution >= 0.6 is 0 Å². The summed E-state index contributed by atoms with van der Waals surface area (Å²) in [5.74, 6) is -3.25. The zero-order valence-electron chi connectivity index (χ0n) is 16.1. The molecule has 1 saturated heterocycles. The third-order valence-corrected chi connectivity index (χ3v) is 5.30. The number of esters is 3. The molecule has 0 bridgehead atoms. The minimum Gasteiger partial charge on any atom is -0.468 e. The quantitative estimate of drug-likeness (QED) is 0.411. The van der Waals surface area contributed by atoms with Crippen molar-refractivity contribution in [3.63, 3.8) is 0 Å². The van der Waals surface area contributed by atoms with Crippen LogP contribution < -0.4 is 0 Å². The third-order valence-electron chi connectivity index (χ3n) is 5.30. The van der Waals surface area contributed by atoms with Gasteiger partial charge in [-0.3, -0.25) is 14.6 Å². The summed E-state index contributed by atoms with van der Waals surface area (Å²) in [5, 5.41) is 9.97. The molecule has 9 nitrogen and oxygen atoms in total. The summed E-state index contributed by atoms with van der Waals surface area (Å²) in [6.07, 6.45) is 7.42. The van der Waals surface area contributed by atoms with E-state index >= 15 is 0 Å². The third kappa shape index (κ3) is 2.84. The maximum atomic E-state index is 13.1. The predicted molar refractivity (Wildman–Crippen MR) is 97.7 cm³/mol. The van der Waals surface area contributed by atoms with E-state index in [0.717, 1.165) is 0 Å². The van der Waals surface area contributed by atoms with Gasteiger partial charge in [0.1, 0.15) is 6.04 Å². The van der Waals surface area contributed by atoms with Gasteiger partial charge in [0.2, 0.25) is 0 Å². The number of aromatic nitrogens is 1. The summed E-state index contributed by atoms with van der Waals surface area (Å²) in [4.78, 5) is 43.7. The first-order valence-electron chi connectivity index (χ1n) is 8.69. The predicted octanol–water partition coefficient (Wildman–Crippen LogP) is 0.701. The summed E-state index contributed by atoms with van der Waals surface area (Å²) >= 11 is 0. The number of rotatable bonds is 4. The Morgan fingerprint density at radius 1 is 1.17 bits per heavy atom. The highest BCUT2D eigenvalue weighted by molar-refractivity contribution is 6.04. The van der Waals surface area contributed by atoms with E-state index < -0.39 is 41.3 Å². The molecule has 0 saturated carbocycles. The minimum atomic E-state index is -1.87. The number of nitriles is 1. The van der Waals surface area contributed by atoms with Gasteiger partial charge in [0.15, 0.2) is 5.41 Å². The molecule has 2 aliphatic heterocycles. The van der Waals surface area contributed by atoms with Gasteiger partial charge in [-0.05, 0) is 17.7 Å². The van der Waals surface area contributed by atoms with Gasteiger partial charge in [-0.25, -0.2) is 4.79 Å². The van der Waals surface area contributed by atoms with Crippen molar-refractivity contribution in [3.05, 3.63) is 54.0 Å². The molecular weight excluding hydrogens is 378 g/mol. The van der Waals surface area contributed by atoms with Crippen molar-refractivity contribution >= 4 is 17.9 Å². The van der Waals surface area contributed by atoms with Gasteiger partial charge in [-0.15, -0.1) is 0 Å². The molecule has 29 heavy (non-hydrogen) atoms. The van der Waals surface area contributed by atoms with Crippen molar-refractivity contribution in [1.29, 1.82) is 5.26 Å². The number of carbonyl (C=O) groups excluding carboxylic acids is 3. The van der Waals surface area contributed by atoms with Gasteiger partial charge < -0.3 is 19.1 Å². The van der Waals surface area contributed by atoms with E-state index in [2.05, 4.69) is 11.1 Å². The number of methoxy groups -OCH3 is 3. The standard InChI is InChI=1S/C20H19N3O6/c1-27-17(24)13-6-7-15-20(18(25)28-2,19(26)29-3)16(12-5-4-8-22-10-12)14(9-21)23(15)11-13/h4-8,10-11,14-16H,1-3H3/t14-,15?,16-/m0/s1. The second kappa shape index (κ2) is 7.75. The summed E-state index contributed by atoms with van der Waals surface area (Å²) in [7, 11) is 3.57. The molecule has 3 rings (SSSR count). The second-order valence-corrected chi connectivity index (χ2v) is 6.52. The van der Waals surface area contributed by atoms with Crippen molar-refractivity contribution in [1.82, 2.24) is 9.88 Å². The first-order valence-corrected chi connectivity index (χ1v) is 8.69. The van der Waals surface area contributed by atoms with E-state index in [1.54, 1.807) is 18.3 Å². The number of pyridine rings is 1. The summed E-state index contributed by atoms with van der Waals surface area (Å²) in [5.41, 5.74) is -1.20. The van der Waals surface area contributed by atoms with E-state index in [9.17, 15) is 19.6 Å². The van der Waals surface area contributed by atoms with Gasteiger partial charge in [0.05, 0.1) is 39.0 Å². The Labute approximate surface area is 167 Å². The van der Waals surface area contributed by atoms with E-state index in [0.29, 0.717) is 5.56 Å². The van der Waals surface area contributed by atoms with Crippen LogP contribution in [0.25, 0.3) is 0 Å². The Morgan fingerprint density at radius 3 is 2.38 bits per heavy atom. The van der Waals surface area contributed by atoms with Crippen molar-refractivity contribution in [2.24, 2.45) is 5.41 Å². The molecule has 1 aromatic rings. The highest BCUT2D eigenvalue weighted by Gasteiger charge is 2.69. The summed E-state index contributed by atoms with van der Waals surface area (Å²) in [6.45, 7) is 0. The fourth-order valence-corrected chi connectivity index (χ4v) is 4.12. The lowest BCUT2D eigenvalue weighted by Crippen LogP contribution is -2.52. The van der Waals surface area contributed by atoms with Crippen LogP contribution in [0.1, 0.15) is 11.5 Å². The maximum Gasteiger partial charge on any atom is 0.339 e. The van der Waals surface area contributed by atoms with Crippen molar-refractivity contribution < 1.29 is 28.6 Å². The molecule has 0 N–H and O–H groups in total. The smallest absolute Gasteiger partial charge is 0.339 e. The van der Waals surface area contributed by atoms with Crippen LogP contribution in [-0.2, 0) is 28.6 Å². The van der Waals surface area contributed by atoms with Gasteiger partial charge in [-0.1, -0.05) is 12.1 Å². The fraction of sp³-hybridized carbons (Fsp3) is 0.350. The SMILES string of the molecule is COC(=O)C1=CN2C(C=C1)C(C(=O)OC)(C(=O)OC)[C@@H](c1cccnc1)[C@@H]2C#N. The molecule has 3 heterocycles.